The number of rotatable bonds is 0. The smallest absolute Gasteiger partial charge is 0.336 e. The minimum absolute atomic E-state index is 0.274. The Morgan fingerprint density at radius 1 is 1.26 bits per heavy atom. The van der Waals surface area contributed by atoms with Gasteiger partial charge >= 0.3 is 5.63 Å². The van der Waals surface area contributed by atoms with E-state index < -0.39 is 0 Å². The number of benzene rings is 1. The summed E-state index contributed by atoms with van der Waals surface area (Å²) in [5.41, 5.74) is 3.95. The second kappa shape index (κ2) is 4.12. The highest BCUT2D eigenvalue weighted by atomic mass is 16.4. The molecule has 0 amide bonds. The molecule has 0 spiro atoms. The van der Waals surface area contributed by atoms with Gasteiger partial charge in [-0.1, -0.05) is 6.92 Å². The van der Waals surface area contributed by atoms with E-state index in [4.69, 9.17) is 4.42 Å². The molecule has 0 fully saturated rings. The normalized spacial score (nSPS) is 22.6. The van der Waals surface area contributed by atoms with Crippen LogP contribution in [-0.4, -0.2) is 13.1 Å². The van der Waals surface area contributed by atoms with Crippen LogP contribution < -0.4 is 10.5 Å². The molecule has 1 aromatic carbocycles. The van der Waals surface area contributed by atoms with E-state index in [1.807, 2.05) is 13.0 Å². The highest BCUT2D eigenvalue weighted by Gasteiger charge is 2.26. The number of anilines is 1. The van der Waals surface area contributed by atoms with Crippen molar-refractivity contribution in [2.75, 3.05) is 11.9 Å². The van der Waals surface area contributed by atoms with Gasteiger partial charge in [-0.3, -0.25) is 0 Å². The second-order valence-electron chi connectivity index (χ2n) is 5.75. The van der Waals surface area contributed by atoms with Crippen LogP contribution in [0.25, 0.3) is 11.0 Å². The molecule has 100 valence electrons. The van der Waals surface area contributed by atoms with Crippen LogP contribution in [0.4, 0.5) is 5.69 Å². The molecule has 0 radical (unpaired) electrons. The van der Waals surface area contributed by atoms with Crippen molar-refractivity contribution < 1.29 is 4.42 Å². The van der Waals surface area contributed by atoms with Crippen LogP contribution in [0.2, 0.25) is 0 Å². The minimum Gasteiger partial charge on any atom is -0.423 e. The SMILES string of the molecule is Cc1cc(=O)oc2cc3c(cc12)C(C)CC(C)N3C. The Bertz CT molecular complexity index is 702. The monoisotopic (exact) mass is 257 g/mol. The molecule has 0 saturated carbocycles. The highest BCUT2D eigenvalue weighted by Crippen LogP contribution is 2.39. The quantitative estimate of drug-likeness (QED) is 0.678. The van der Waals surface area contributed by atoms with Gasteiger partial charge in [0.2, 0.25) is 0 Å². The molecule has 2 heterocycles. The second-order valence-corrected chi connectivity index (χ2v) is 5.75. The lowest BCUT2D eigenvalue weighted by molar-refractivity contribution is 0.529. The summed E-state index contributed by atoms with van der Waals surface area (Å²) >= 11 is 0. The number of fused-ring (bicyclic) bond motifs is 2. The minimum atomic E-state index is -0.274. The standard InChI is InChI=1S/C16H19NO2/c1-9-5-11(3)17(4)14-8-15-13(7-12(9)14)10(2)6-16(18)19-15/h6-9,11H,5H2,1-4H3. The predicted molar refractivity (Wildman–Crippen MR) is 78.1 cm³/mol. The summed E-state index contributed by atoms with van der Waals surface area (Å²) in [5.74, 6) is 0.539. The van der Waals surface area contributed by atoms with Crippen molar-refractivity contribution in [3.05, 3.63) is 39.7 Å². The fraction of sp³-hybridized carbons (Fsp3) is 0.438. The number of hydrogen-bond donors (Lipinski definition) is 0. The van der Waals surface area contributed by atoms with E-state index in [1.165, 1.54) is 11.3 Å². The summed E-state index contributed by atoms with van der Waals surface area (Å²) in [7, 11) is 2.11. The van der Waals surface area contributed by atoms with Crippen molar-refractivity contribution in [3.8, 4) is 0 Å². The van der Waals surface area contributed by atoms with Crippen molar-refractivity contribution in [2.45, 2.75) is 39.2 Å². The first kappa shape index (κ1) is 12.3. The summed E-state index contributed by atoms with van der Waals surface area (Å²) in [4.78, 5) is 13.8. The van der Waals surface area contributed by atoms with Gasteiger partial charge in [0, 0.05) is 36.3 Å². The predicted octanol–water partition coefficient (Wildman–Crippen LogP) is 3.43. The molecule has 3 nitrogen and oxygen atoms in total. The summed E-state index contributed by atoms with van der Waals surface area (Å²) in [5, 5.41) is 1.05. The molecule has 2 atom stereocenters. The zero-order chi connectivity index (χ0) is 13.7. The van der Waals surface area contributed by atoms with Crippen molar-refractivity contribution >= 4 is 16.7 Å². The van der Waals surface area contributed by atoms with E-state index >= 15 is 0 Å². The van der Waals surface area contributed by atoms with Crippen LogP contribution in [0.1, 0.15) is 37.3 Å². The van der Waals surface area contributed by atoms with E-state index in [0.29, 0.717) is 17.5 Å². The molecular weight excluding hydrogens is 238 g/mol. The van der Waals surface area contributed by atoms with Crippen LogP contribution in [0, 0.1) is 6.92 Å². The van der Waals surface area contributed by atoms with Gasteiger partial charge in [-0.15, -0.1) is 0 Å². The third-order valence-electron chi connectivity index (χ3n) is 4.37. The Morgan fingerprint density at radius 2 is 2.00 bits per heavy atom. The van der Waals surface area contributed by atoms with Gasteiger partial charge in [-0.25, -0.2) is 4.79 Å². The van der Waals surface area contributed by atoms with Gasteiger partial charge in [0.1, 0.15) is 5.58 Å². The average molecular weight is 257 g/mol. The van der Waals surface area contributed by atoms with Gasteiger partial charge in [-0.2, -0.15) is 0 Å². The maximum atomic E-state index is 11.5. The summed E-state index contributed by atoms with van der Waals surface area (Å²) in [6, 6.07) is 6.28. The van der Waals surface area contributed by atoms with Gasteiger partial charge in [0.05, 0.1) is 0 Å². The molecule has 1 aromatic heterocycles. The Hall–Kier alpha value is -1.77. The maximum absolute atomic E-state index is 11.5. The maximum Gasteiger partial charge on any atom is 0.336 e. The molecule has 19 heavy (non-hydrogen) atoms. The zero-order valence-electron chi connectivity index (χ0n) is 11.9. The number of hydrogen-bond acceptors (Lipinski definition) is 3. The van der Waals surface area contributed by atoms with Gasteiger partial charge in [0.25, 0.3) is 0 Å². The molecule has 2 unspecified atom stereocenters. The average Bonchev–Trinajstić information content (AvgIpc) is 2.34. The highest BCUT2D eigenvalue weighted by molar-refractivity contribution is 5.86. The lowest BCUT2D eigenvalue weighted by Crippen LogP contribution is -2.34. The Morgan fingerprint density at radius 3 is 2.74 bits per heavy atom. The molecule has 0 bridgehead atoms. The van der Waals surface area contributed by atoms with Crippen LogP contribution in [0.15, 0.2) is 27.4 Å². The Kier molecular flexibility index (Phi) is 2.66. The van der Waals surface area contributed by atoms with E-state index in [0.717, 1.165) is 17.4 Å². The third-order valence-corrected chi connectivity index (χ3v) is 4.37. The largest absolute Gasteiger partial charge is 0.423 e. The van der Waals surface area contributed by atoms with E-state index in [1.54, 1.807) is 6.07 Å². The molecular formula is C16H19NO2. The molecule has 0 N–H and O–H groups in total. The van der Waals surface area contributed by atoms with Crippen molar-refractivity contribution in [1.29, 1.82) is 0 Å². The van der Waals surface area contributed by atoms with Crippen LogP contribution in [-0.2, 0) is 0 Å². The lowest BCUT2D eigenvalue weighted by atomic mass is 9.86. The Balaban J connectivity index is 2.33. The summed E-state index contributed by atoms with van der Waals surface area (Å²) < 4.78 is 5.35. The molecule has 0 saturated heterocycles. The fourth-order valence-electron chi connectivity index (χ4n) is 3.11. The van der Waals surface area contributed by atoms with Gasteiger partial charge in [0.15, 0.2) is 0 Å². The van der Waals surface area contributed by atoms with E-state index in [2.05, 4.69) is 31.9 Å². The molecule has 0 aliphatic carbocycles. The van der Waals surface area contributed by atoms with Gasteiger partial charge in [-0.05, 0) is 43.4 Å². The molecule has 1 aliphatic rings. The van der Waals surface area contributed by atoms with Crippen molar-refractivity contribution in [1.82, 2.24) is 0 Å². The van der Waals surface area contributed by atoms with Crippen molar-refractivity contribution in [2.24, 2.45) is 0 Å². The summed E-state index contributed by atoms with van der Waals surface area (Å²) in [6.45, 7) is 6.46. The zero-order valence-corrected chi connectivity index (χ0v) is 11.9. The van der Waals surface area contributed by atoms with Crippen LogP contribution in [0.3, 0.4) is 0 Å². The van der Waals surface area contributed by atoms with E-state index in [-0.39, 0.29) is 5.63 Å². The topological polar surface area (TPSA) is 33.5 Å². The first-order valence-corrected chi connectivity index (χ1v) is 6.78. The number of aryl methyl sites for hydroxylation is 1. The summed E-state index contributed by atoms with van der Waals surface area (Å²) in [6.07, 6.45) is 1.16. The van der Waals surface area contributed by atoms with Gasteiger partial charge < -0.3 is 9.32 Å². The third kappa shape index (κ3) is 1.84. The number of nitrogens with zero attached hydrogens (tertiary/aromatic N) is 1. The molecule has 1 aliphatic heterocycles. The van der Waals surface area contributed by atoms with Crippen molar-refractivity contribution in [3.63, 3.8) is 0 Å². The first-order chi connectivity index (χ1) is 8.97. The lowest BCUT2D eigenvalue weighted by Gasteiger charge is -2.37. The molecule has 3 heteroatoms. The van der Waals surface area contributed by atoms with E-state index in [9.17, 15) is 4.79 Å². The fourth-order valence-corrected chi connectivity index (χ4v) is 3.11. The molecule has 2 aromatic rings. The first-order valence-electron chi connectivity index (χ1n) is 6.78. The van der Waals surface area contributed by atoms with Crippen LogP contribution in [0.5, 0.6) is 0 Å². The van der Waals surface area contributed by atoms with Crippen LogP contribution >= 0.6 is 0 Å². The molecule has 3 rings (SSSR count). The Labute approximate surface area is 112 Å².